The average molecular weight is 588 g/mol. The van der Waals surface area contributed by atoms with Crippen LogP contribution in [0, 0.1) is 5.92 Å². The number of carboxylic acid groups (broad SMARTS) is 1. The molecule has 4 aromatic rings. The number of likely N-dealkylation sites (tertiary alicyclic amines) is 1. The SMILES string of the molecule is COc1ccc(Cn2c(CO)nc3c(CN(CC4CCN(Cc5ccccc5)CC4)C(=O)O)nccc3c2=O)c(OC)c1. The number of aliphatic hydroxyl groups excluding tert-OH is 1. The fourth-order valence-electron chi connectivity index (χ4n) is 5.67. The van der Waals surface area contributed by atoms with Crippen molar-refractivity contribution >= 4 is 17.0 Å². The van der Waals surface area contributed by atoms with Gasteiger partial charge in [0, 0.05) is 30.9 Å². The van der Waals surface area contributed by atoms with Gasteiger partial charge in [0.15, 0.2) is 0 Å². The van der Waals surface area contributed by atoms with Gasteiger partial charge in [-0.3, -0.25) is 19.2 Å². The molecule has 3 heterocycles. The number of aromatic nitrogens is 3. The number of hydrogen-bond acceptors (Lipinski definition) is 8. The van der Waals surface area contributed by atoms with E-state index < -0.39 is 12.7 Å². The Kier molecular flexibility index (Phi) is 9.53. The molecule has 0 bridgehead atoms. The lowest BCUT2D eigenvalue weighted by Gasteiger charge is -2.34. The van der Waals surface area contributed by atoms with E-state index in [1.807, 2.05) is 18.2 Å². The maximum absolute atomic E-state index is 13.7. The van der Waals surface area contributed by atoms with Gasteiger partial charge in [-0.05, 0) is 55.6 Å². The Morgan fingerprint density at radius 1 is 1.05 bits per heavy atom. The van der Waals surface area contributed by atoms with Gasteiger partial charge in [-0.25, -0.2) is 9.78 Å². The van der Waals surface area contributed by atoms with Crippen molar-refractivity contribution in [3.63, 3.8) is 0 Å². The molecule has 1 aliphatic heterocycles. The topological polar surface area (TPSA) is 130 Å². The molecule has 0 aliphatic carbocycles. The highest BCUT2D eigenvalue weighted by atomic mass is 16.5. The molecule has 1 amide bonds. The van der Waals surface area contributed by atoms with Crippen molar-refractivity contribution in [2.75, 3.05) is 33.9 Å². The Bertz CT molecular complexity index is 1620. The molecular weight excluding hydrogens is 550 g/mol. The van der Waals surface area contributed by atoms with Gasteiger partial charge in [0.05, 0.1) is 38.4 Å². The molecule has 0 saturated carbocycles. The van der Waals surface area contributed by atoms with Crippen LogP contribution < -0.4 is 15.0 Å². The molecule has 1 aliphatic rings. The first-order valence-electron chi connectivity index (χ1n) is 14.3. The van der Waals surface area contributed by atoms with Crippen molar-refractivity contribution in [1.29, 1.82) is 0 Å². The first-order valence-corrected chi connectivity index (χ1v) is 14.3. The summed E-state index contributed by atoms with van der Waals surface area (Å²) in [5.41, 5.74) is 2.29. The third-order valence-electron chi connectivity index (χ3n) is 8.04. The zero-order chi connectivity index (χ0) is 30.3. The van der Waals surface area contributed by atoms with E-state index >= 15 is 0 Å². The predicted molar refractivity (Wildman–Crippen MR) is 161 cm³/mol. The van der Waals surface area contributed by atoms with E-state index in [2.05, 4.69) is 27.0 Å². The second-order valence-corrected chi connectivity index (χ2v) is 10.8. The molecular formula is C32H37N5O6. The number of methoxy groups -OCH3 is 2. The normalized spacial score (nSPS) is 14.1. The molecule has 0 unspecified atom stereocenters. The van der Waals surface area contributed by atoms with E-state index in [1.165, 1.54) is 28.3 Å². The van der Waals surface area contributed by atoms with Gasteiger partial charge in [0.2, 0.25) is 0 Å². The average Bonchev–Trinajstić information content (AvgIpc) is 3.03. The quantitative estimate of drug-likeness (QED) is 0.270. The fourth-order valence-corrected chi connectivity index (χ4v) is 5.67. The molecule has 226 valence electrons. The first-order chi connectivity index (χ1) is 20.9. The highest BCUT2D eigenvalue weighted by Crippen LogP contribution is 2.26. The van der Waals surface area contributed by atoms with Gasteiger partial charge in [-0.1, -0.05) is 30.3 Å². The lowest BCUT2D eigenvalue weighted by atomic mass is 9.95. The van der Waals surface area contributed by atoms with Crippen LogP contribution in [0.5, 0.6) is 11.5 Å². The van der Waals surface area contributed by atoms with Crippen LogP contribution in [-0.4, -0.2) is 74.5 Å². The van der Waals surface area contributed by atoms with Crippen LogP contribution >= 0.6 is 0 Å². The molecule has 0 spiro atoms. The second-order valence-electron chi connectivity index (χ2n) is 10.8. The minimum Gasteiger partial charge on any atom is -0.497 e. The van der Waals surface area contributed by atoms with Crippen molar-refractivity contribution < 1.29 is 24.5 Å². The highest BCUT2D eigenvalue weighted by Gasteiger charge is 2.25. The third kappa shape index (κ3) is 6.95. The van der Waals surface area contributed by atoms with E-state index in [4.69, 9.17) is 9.47 Å². The number of ether oxygens (including phenoxy) is 2. The molecule has 5 rings (SSSR count). The number of benzene rings is 2. The highest BCUT2D eigenvalue weighted by molar-refractivity contribution is 5.80. The van der Waals surface area contributed by atoms with E-state index in [0.717, 1.165) is 32.5 Å². The number of amides is 1. The lowest BCUT2D eigenvalue weighted by molar-refractivity contribution is 0.112. The molecule has 11 heteroatoms. The van der Waals surface area contributed by atoms with E-state index in [1.54, 1.807) is 31.4 Å². The lowest BCUT2D eigenvalue weighted by Crippen LogP contribution is -2.40. The Balaban J connectivity index is 1.34. The number of hydrogen-bond donors (Lipinski definition) is 2. The zero-order valence-electron chi connectivity index (χ0n) is 24.5. The van der Waals surface area contributed by atoms with Crippen LogP contribution in [0.4, 0.5) is 4.79 Å². The molecule has 11 nitrogen and oxygen atoms in total. The van der Waals surface area contributed by atoms with Crippen LogP contribution in [-0.2, 0) is 26.2 Å². The van der Waals surface area contributed by atoms with Crippen molar-refractivity contribution in [1.82, 2.24) is 24.3 Å². The molecule has 1 fully saturated rings. The molecule has 2 aromatic carbocycles. The summed E-state index contributed by atoms with van der Waals surface area (Å²) in [5, 5.41) is 20.6. The largest absolute Gasteiger partial charge is 0.497 e. The molecule has 2 N–H and O–H groups in total. The van der Waals surface area contributed by atoms with Crippen LogP contribution in [0.25, 0.3) is 10.9 Å². The molecule has 43 heavy (non-hydrogen) atoms. The molecule has 0 radical (unpaired) electrons. The summed E-state index contributed by atoms with van der Waals surface area (Å²) in [6, 6.07) is 17.2. The van der Waals surface area contributed by atoms with Gasteiger partial charge in [-0.2, -0.15) is 0 Å². The van der Waals surface area contributed by atoms with Crippen LogP contribution in [0.15, 0.2) is 65.6 Å². The standard InChI is InChI=1S/C32H37N5O6/c1-42-25-9-8-24(28(16-25)43-2)19-37-29(21-38)34-30-26(31(37)39)10-13-33-27(30)20-36(32(40)41)18-23-11-14-35(15-12-23)17-22-6-4-3-5-7-22/h3-10,13,16,23,38H,11-12,14-15,17-21H2,1-2H3,(H,40,41). The summed E-state index contributed by atoms with van der Waals surface area (Å²) in [6.45, 7) is 2.68. The summed E-state index contributed by atoms with van der Waals surface area (Å²) in [6.07, 6.45) is 2.24. The summed E-state index contributed by atoms with van der Waals surface area (Å²) < 4.78 is 12.2. The molecule has 1 saturated heterocycles. The minimum absolute atomic E-state index is 0.00940. The van der Waals surface area contributed by atoms with Crippen LogP contribution in [0.1, 0.15) is 35.5 Å². The summed E-state index contributed by atoms with van der Waals surface area (Å²) >= 11 is 0. The Labute approximate surface area is 249 Å². The van der Waals surface area contributed by atoms with Crippen LogP contribution in [0.2, 0.25) is 0 Å². The van der Waals surface area contributed by atoms with Crippen molar-refractivity contribution in [2.45, 2.75) is 39.1 Å². The van der Waals surface area contributed by atoms with Gasteiger partial charge >= 0.3 is 6.09 Å². The number of pyridine rings is 1. The van der Waals surface area contributed by atoms with E-state index in [-0.39, 0.29) is 30.4 Å². The van der Waals surface area contributed by atoms with Crippen LogP contribution in [0.3, 0.4) is 0 Å². The first kappa shape index (κ1) is 30.0. The second kappa shape index (κ2) is 13.7. The van der Waals surface area contributed by atoms with Crippen molar-refractivity contribution in [2.24, 2.45) is 5.92 Å². The number of rotatable bonds is 11. The zero-order valence-corrected chi connectivity index (χ0v) is 24.5. The molecule has 2 aromatic heterocycles. The number of piperidine rings is 1. The third-order valence-corrected chi connectivity index (χ3v) is 8.04. The number of carbonyl (C=O) groups is 1. The van der Waals surface area contributed by atoms with Gasteiger partial charge in [0.1, 0.15) is 29.4 Å². The summed E-state index contributed by atoms with van der Waals surface area (Å²) in [7, 11) is 3.09. The number of fused-ring (bicyclic) bond motifs is 1. The maximum Gasteiger partial charge on any atom is 0.407 e. The van der Waals surface area contributed by atoms with E-state index in [0.29, 0.717) is 40.2 Å². The van der Waals surface area contributed by atoms with Gasteiger partial charge in [0.25, 0.3) is 5.56 Å². The number of aliphatic hydroxyl groups is 1. The van der Waals surface area contributed by atoms with Crippen molar-refractivity contribution in [3.8, 4) is 11.5 Å². The maximum atomic E-state index is 13.7. The fraction of sp³-hybridized carbons (Fsp3) is 0.375. The monoisotopic (exact) mass is 587 g/mol. The van der Waals surface area contributed by atoms with Gasteiger partial charge in [-0.15, -0.1) is 0 Å². The van der Waals surface area contributed by atoms with Crippen molar-refractivity contribution in [3.05, 3.63) is 93.8 Å². The smallest absolute Gasteiger partial charge is 0.407 e. The van der Waals surface area contributed by atoms with E-state index in [9.17, 15) is 19.8 Å². The summed E-state index contributed by atoms with van der Waals surface area (Å²) in [5.74, 6) is 1.52. The van der Waals surface area contributed by atoms with Gasteiger partial charge < -0.3 is 24.6 Å². The minimum atomic E-state index is -1.05. The Morgan fingerprint density at radius 2 is 1.81 bits per heavy atom. The summed E-state index contributed by atoms with van der Waals surface area (Å²) in [4.78, 5) is 38.8. The Morgan fingerprint density at radius 3 is 2.49 bits per heavy atom. The number of nitrogens with zero attached hydrogens (tertiary/aromatic N) is 5. The Hall–Kier alpha value is -4.48. The predicted octanol–water partition coefficient (Wildman–Crippen LogP) is 3.74. The molecule has 0 atom stereocenters.